The number of carbonyl (C=O) groups excluding carboxylic acids is 2. The fourth-order valence-corrected chi connectivity index (χ4v) is 7.06. The Morgan fingerprint density at radius 3 is 1.41 bits per heavy atom. The summed E-state index contributed by atoms with van der Waals surface area (Å²) in [6.07, 6.45) is 42.3. The standard InChI is InChI=1S/C46H88NO8P/c1-6-8-10-12-14-16-18-20-22-23-25-27-29-31-33-35-37-39-46(49)55-44(43-54-56(50,51)53-41-40-47(3,4)5)42-52-45(48)38-36-34-32-30-28-26-24-21-19-17-15-13-11-9-7-2/h16,18,32,34,44H,6-15,17,19-31,33,35-43H2,1-5H3/p+1/b18-16+,34-32+/t44-/m1/s1. The van der Waals surface area contributed by atoms with Crippen LogP contribution in [0, 0.1) is 0 Å². The van der Waals surface area contributed by atoms with Gasteiger partial charge >= 0.3 is 19.8 Å². The lowest BCUT2D eigenvalue weighted by Crippen LogP contribution is -2.37. The molecule has 330 valence electrons. The minimum absolute atomic E-state index is 0.0282. The summed E-state index contributed by atoms with van der Waals surface area (Å²) in [4.78, 5) is 35.4. The number of allylic oxidation sites excluding steroid dienone is 4. The van der Waals surface area contributed by atoms with Crippen molar-refractivity contribution in [1.29, 1.82) is 0 Å². The van der Waals surface area contributed by atoms with Crippen molar-refractivity contribution in [2.45, 2.75) is 213 Å². The second-order valence-electron chi connectivity index (χ2n) is 16.8. The maximum atomic E-state index is 12.7. The molecular formula is C46H89NO8P+. The zero-order valence-electron chi connectivity index (χ0n) is 37.1. The van der Waals surface area contributed by atoms with Gasteiger partial charge in [-0.25, -0.2) is 4.57 Å². The molecule has 0 aromatic heterocycles. The van der Waals surface area contributed by atoms with Crippen molar-refractivity contribution >= 4 is 19.8 Å². The summed E-state index contributed by atoms with van der Waals surface area (Å²) < 4.78 is 34.3. The van der Waals surface area contributed by atoms with Crippen molar-refractivity contribution in [2.75, 3.05) is 47.5 Å². The third-order valence-electron chi connectivity index (χ3n) is 9.97. The van der Waals surface area contributed by atoms with Gasteiger partial charge in [0.2, 0.25) is 0 Å². The number of nitrogens with zero attached hydrogens (tertiary/aromatic N) is 1. The Morgan fingerprint density at radius 1 is 0.536 bits per heavy atom. The first kappa shape index (κ1) is 54.5. The van der Waals surface area contributed by atoms with E-state index in [2.05, 4.69) is 32.1 Å². The van der Waals surface area contributed by atoms with E-state index in [1.165, 1.54) is 135 Å². The van der Waals surface area contributed by atoms with Gasteiger partial charge in [-0.15, -0.1) is 0 Å². The lowest BCUT2D eigenvalue weighted by Gasteiger charge is -2.24. The van der Waals surface area contributed by atoms with Crippen LogP contribution in [0.4, 0.5) is 0 Å². The molecule has 56 heavy (non-hydrogen) atoms. The van der Waals surface area contributed by atoms with E-state index < -0.39 is 32.5 Å². The van der Waals surface area contributed by atoms with Gasteiger partial charge in [0, 0.05) is 12.8 Å². The summed E-state index contributed by atoms with van der Waals surface area (Å²) in [5, 5.41) is 0. The Labute approximate surface area is 345 Å². The van der Waals surface area contributed by atoms with Crippen molar-refractivity contribution in [3.63, 3.8) is 0 Å². The maximum Gasteiger partial charge on any atom is 0.472 e. The Balaban J connectivity index is 4.35. The molecule has 0 spiro atoms. The fourth-order valence-electron chi connectivity index (χ4n) is 6.32. The van der Waals surface area contributed by atoms with Gasteiger partial charge in [-0.1, -0.05) is 167 Å². The van der Waals surface area contributed by atoms with Crippen LogP contribution in [0.3, 0.4) is 0 Å². The van der Waals surface area contributed by atoms with Gasteiger partial charge in [0.25, 0.3) is 0 Å². The number of hydrogen-bond donors (Lipinski definition) is 1. The lowest BCUT2D eigenvalue weighted by atomic mass is 10.1. The molecule has 0 heterocycles. The Kier molecular flexibility index (Phi) is 37.9. The molecule has 2 atom stereocenters. The average Bonchev–Trinajstić information content (AvgIpc) is 3.15. The smallest absolute Gasteiger partial charge is 0.462 e. The molecule has 0 aromatic rings. The number of phosphoric ester groups is 1. The SMILES string of the molecule is CCCCCC/C=C/CCCCCCCCCCCC(=O)O[C@H](COC(=O)CC/C=C/CCCCCCCCCCCCC)COP(=O)(O)OCC[N+](C)(C)C. The Bertz CT molecular complexity index is 1010. The van der Waals surface area contributed by atoms with Crippen LogP contribution in [0.5, 0.6) is 0 Å². The average molecular weight is 815 g/mol. The van der Waals surface area contributed by atoms with E-state index in [1.54, 1.807) is 0 Å². The number of carbonyl (C=O) groups is 2. The molecule has 0 saturated carbocycles. The minimum atomic E-state index is -4.38. The van der Waals surface area contributed by atoms with E-state index in [0.717, 1.165) is 32.1 Å². The lowest BCUT2D eigenvalue weighted by molar-refractivity contribution is -0.870. The number of quaternary nitrogens is 1. The molecule has 0 bridgehead atoms. The van der Waals surface area contributed by atoms with Gasteiger partial charge in [0.15, 0.2) is 6.10 Å². The number of phosphoric acid groups is 1. The molecule has 1 unspecified atom stereocenters. The topological polar surface area (TPSA) is 108 Å². The fraction of sp³-hybridized carbons (Fsp3) is 0.870. The highest BCUT2D eigenvalue weighted by atomic mass is 31.2. The molecule has 0 amide bonds. The number of ether oxygens (including phenoxy) is 2. The van der Waals surface area contributed by atoms with Crippen LogP contribution >= 0.6 is 7.82 Å². The molecule has 9 nitrogen and oxygen atoms in total. The van der Waals surface area contributed by atoms with Crippen LogP contribution in [-0.2, 0) is 32.7 Å². The van der Waals surface area contributed by atoms with E-state index in [-0.39, 0.29) is 26.1 Å². The van der Waals surface area contributed by atoms with Gasteiger partial charge in [-0.2, -0.15) is 0 Å². The van der Waals surface area contributed by atoms with E-state index in [4.69, 9.17) is 18.5 Å². The summed E-state index contributed by atoms with van der Waals surface area (Å²) in [6.45, 7) is 4.39. The van der Waals surface area contributed by atoms with Crippen molar-refractivity contribution in [2.24, 2.45) is 0 Å². The van der Waals surface area contributed by atoms with Gasteiger partial charge < -0.3 is 18.9 Å². The van der Waals surface area contributed by atoms with Crippen LogP contribution in [0.1, 0.15) is 206 Å². The van der Waals surface area contributed by atoms with Crippen LogP contribution in [-0.4, -0.2) is 74.9 Å². The van der Waals surface area contributed by atoms with Crippen molar-refractivity contribution in [1.82, 2.24) is 0 Å². The molecule has 0 aliphatic rings. The summed E-state index contributed by atoms with van der Waals surface area (Å²) in [5.41, 5.74) is 0. The number of unbranched alkanes of at least 4 members (excludes halogenated alkanes) is 24. The molecule has 10 heteroatoms. The molecule has 0 rings (SSSR count). The van der Waals surface area contributed by atoms with Gasteiger partial charge in [-0.3, -0.25) is 18.6 Å². The first-order valence-electron chi connectivity index (χ1n) is 23.1. The third kappa shape index (κ3) is 42.1. The van der Waals surface area contributed by atoms with Crippen molar-refractivity contribution in [3.8, 4) is 0 Å². The summed E-state index contributed by atoms with van der Waals surface area (Å²) in [7, 11) is 1.46. The van der Waals surface area contributed by atoms with E-state index in [1.807, 2.05) is 27.2 Å². The zero-order chi connectivity index (χ0) is 41.4. The predicted molar refractivity (Wildman–Crippen MR) is 234 cm³/mol. The molecule has 1 N–H and O–H groups in total. The summed E-state index contributed by atoms with van der Waals surface area (Å²) in [6, 6.07) is 0. The Morgan fingerprint density at radius 2 is 0.946 bits per heavy atom. The molecule has 0 aliphatic heterocycles. The van der Waals surface area contributed by atoms with Crippen LogP contribution in [0.2, 0.25) is 0 Å². The highest BCUT2D eigenvalue weighted by Crippen LogP contribution is 2.43. The summed E-state index contributed by atoms with van der Waals surface area (Å²) in [5.74, 6) is -0.851. The highest BCUT2D eigenvalue weighted by Gasteiger charge is 2.27. The van der Waals surface area contributed by atoms with E-state index >= 15 is 0 Å². The quantitative estimate of drug-likeness (QED) is 0.0213. The second-order valence-corrected chi connectivity index (χ2v) is 18.2. The highest BCUT2D eigenvalue weighted by molar-refractivity contribution is 7.47. The zero-order valence-corrected chi connectivity index (χ0v) is 38.0. The number of esters is 2. The largest absolute Gasteiger partial charge is 0.472 e. The number of hydrogen-bond acceptors (Lipinski definition) is 7. The molecule has 0 aromatic carbocycles. The third-order valence-corrected chi connectivity index (χ3v) is 11.0. The van der Waals surface area contributed by atoms with E-state index in [0.29, 0.717) is 23.9 Å². The van der Waals surface area contributed by atoms with Crippen LogP contribution in [0.25, 0.3) is 0 Å². The van der Waals surface area contributed by atoms with Crippen molar-refractivity contribution in [3.05, 3.63) is 24.3 Å². The minimum Gasteiger partial charge on any atom is -0.462 e. The van der Waals surface area contributed by atoms with Crippen LogP contribution in [0.15, 0.2) is 24.3 Å². The Hall–Kier alpha value is -1.51. The van der Waals surface area contributed by atoms with Gasteiger partial charge in [0.05, 0.1) is 27.7 Å². The number of likely N-dealkylation sites (N-methyl/N-ethyl adjacent to an activating group) is 1. The number of rotatable bonds is 42. The van der Waals surface area contributed by atoms with Gasteiger partial charge in [-0.05, 0) is 51.4 Å². The molecule has 0 aliphatic carbocycles. The van der Waals surface area contributed by atoms with Crippen LogP contribution < -0.4 is 0 Å². The predicted octanol–water partition coefficient (Wildman–Crippen LogP) is 13.1. The van der Waals surface area contributed by atoms with E-state index in [9.17, 15) is 19.0 Å². The molecule has 0 saturated heterocycles. The maximum absolute atomic E-state index is 12.7. The van der Waals surface area contributed by atoms with Crippen molar-refractivity contribution < 1.29 is 42.1 Å². The first-order valence-corrected chi connectivity index (χ1v) is 24.6. The molecule has 0 fully saturated rings. The normalized spacial score (nSPS) is 13.8. The summed E-state index contributed by atoms with van der Waals surface area (Å²) >= 11 is 0. The van der Waals surface area contributed by atoms with Gasteiger partial charge in [0.1, 0.15) is 19.8 Å². The second kappa shape index (κ2) is 39.0. The first-order chi connectivity index (χ1) is 27.0. The molecular weight excluding hydrogens is 725 g/mol. The molecule has 0 radical (unpaired) electrons. The monoisotopic (exact) mass is 815 g/mol.